The van der Waals surface area contributed by atoms with Gasteiger partial charge < -0.3 is 5.11 Å². The monoisotopic (exact) mass is 262 g/mol. The molecule has 1 rings (SSSR count). The second-order valence-electron chi connectivity index (χ2n) is 5.92. The van der Waals surface area contributed by atoms with E-state index in [-0.39, 0.29) is 17.3 Å². The molecule has 3 unspecified atom stereocenters. The van der Waals surface area contributed by atoms with Crippen LogP contribution in [0.4, 0.5) is 0 Å². The highest BCUT2D eigenvalue weighted by molar-refractivity contribution is 7.91. The Bertz CT molecular complexity index is 322. The Labute approximate surface area is 106 Å². The van der Waals surface area contributed by atoms with Crippen molar-refractivity contribution >= 4 is 9.84 Å². The summed E-state index contributed by atoms with van der Waals surface area (Å²) in [6.07, 6.45) is 6.15. The number of hydrogen-bond donors (Lipinski definition) is 1. The van der Waals surface area contributed by atoms with E-state index in [4.69, 9.17) is 0 Å². The number of aliphatic hydroxyl groups excluding tert-OH is 1. The molecule has 0 aromatic rings. The van der Waals surface area contributed by atoms with E-state index in [1.54, 1.807) is 0 Å². The first-order valence-corrected chi connectivity index (χ1v) is 8.63. The van der Waals surface area contributed by atoms with Crippen molar-refractivity contribution in [3.8, 4) is 0 Å². The van der Waals surface area contributed by atoms with Crippen LogP contribution in [0.25, 0.3) is 0 Å². The van der Waals surface area contributed by atoms with Crippen LogP contribution >= 0.6 is 0 Å². The maximum absolute atomic E-state index is 11.5. The first kappa shape index (κ1) is 15.0. The molecule has 0 amide bonds. The smallest absolute Gasteiger partial charge is 0.150 e. The van der Waals surface area contributed by atoms with Crippen molar-refractivity contribution in [2.75, 3.05) is 6.26 Å². The largest absolute Gasteiger partial charge is 0.393 e. The topological polar surface area (TPSA) is 54.4 Å². The van der Waals surface area contributed by atoms with Gasteiger partial charge in [0.25, 0.3) is 0 Å². The maximum Gasteiger partial charge on any atom is 0.150 e. The van der Waals surface area contributed by atoms with Crippen molar-refractivity contribution < 1.29 is 13.5 Å². The molecule has 1 aliphatic carbocycles. The molecule has 4 heteroatoms. The van der Waals surface area contributed by atoms with E-state index >= 15 is 0 Å². The van der Waals surface area contributed by atoms with E-state index in [9.17, 15) is 13.5 Å². The van der Waals surface area contributed by atoms with Gasteiger partial charge in [0.05, 0.1) is 11.4 Å². The summed E-state index contributed by atoms with van der Waals surface area (Å²) in [7, 11) is -2.93. The number of sulfone groups is 1. The average Bonchev–Trinajstić information content (AvgIpc) is 2.25. The standard InChI is InChI=1S/C13H26O3S/c1-10(2)7-8-13(14)11-5-4-6-12(9-11)17(3,15)16/h10-14H,4-9H2,1-3H3. The molecule has 1 aliphatic rings. The molecule has 3 atom stereocenters. The Morgan fingerprint density at radius 3 is 2.41 bits per heavy atom. The van der Waals surface area contributed by atoms with Crippen molar-refractivity contribution in [2.24, 2.45) is 11.8 Å². The minimum absolute atomic E-state index is 0.183. The lowest BCUT2D eigenvalue weighted by molar-refractivity contribution is 0.0732. The number of aliphatic hydroxyl groups is 1. The SMILES string of the molecule is CC(C)CCC(O)C1CCCC(S(C)(=O)=O)C1. The number of rotatable bonds is 5. The predicted octanol–water partition coefficient (Wildman–Crippen LogP) is 2.39. The van der Waals surface area contributed by atoms with Crippen molar-refractivity contribution in [3.63, 3.8) is 0 Å². The molecule has 1 saturated carbocycles. The van der Waals surface area contributed by atoms with Crippen molar-refractivity contribution in [3.05, 3.63) is 0 Å². The molecule has 17 heavy (non-hydrogen) atoms. The first-order chi connectivity index (χ1) is 7.80. The van der Waals surface area contributed by atoms with Crippen LogP contribution in [-0.4, -0.2) is 31.1 Å². The summed E-state index contributed by atoms with van der Waals surface area (Å²) in [5.41, 5.74) is 0. The van der Waals surface area contributed by atoms with Gasteiger partial charge in [-0.05, 0) is 43.9 Å². The maximum atomic E-state index is 11.5. The van der Waals surface area contributed by atoms with Gasteiger partial charge in [-0.25, -0.2) is 8.42 Å². The van der Waals surface area contributed by atoms with E-state index in [1.165, 1.54) is 6.26 Å². The highest BCUT2D eigenvalue weighted by atomic mass is 32.2. The van der Waals surface area contributed by atoms with Crippen molar-refractivity contribution in [1.29, 1.82) is 0 Å². The molecule has 1 fully saturated rings. The third-order valence-corrected chi connectivity index (χ3v) is 5.50. The molecule has 0 aromatic heterocycles. The molecule has 0 saturated heterocycles. The molecule has 0 radical (unpaired) electrons. The first-order valence-electron chi connectivity index (χ1n) is 6.67. The van der Waals surface area contributed by atoms with Crippen LogP contribution in [0.2, 0.25) is 0 Å². The Hall–Kier alpha value is -0.0900. The van der Waals surface area contributed by atoms with Gasteiger partial charge in [0, 0.05) is 6.26 Å². The zero-order valence-electron chi connectivity index (χ0n) is 11.2. The molecule has 0 aromatic carbocycles. The second-order valence-corrected chi connectivity index (χ2v) is 8.24. The van der Waals surface area contributed by atoms with Gasteiger partial charge in [0.15, 0.2) is 0 Å². The Morgan fingerprint density at radius 1 is 1.24 bits per heavy atom. The lowest BCUT2D eigenvalue weighted by Crippen LogP contribution is -2.33. The molecule has 102 valence electrons. The fraction of sp³-hybridized carbons (Fsp3) is 1.00. The van der Waals surface area contributed by atoms with E-state index in [2.05, 4.69) is 13.8 Å². The lowest BCUT2D eigenvalue weighted by Gasteiger charge is -2.31. The van der Waals surface area contributed by atoms with Crippen LogP contribution in [0.1, 0.15) is 52.4 Å². The normalized spacial score (nSPS) is 28.3. The van der Waals surface area contributed by atoms with Crippen LogP contribution in [-0.2, 0) is 9.84 Å². The Kier molecular flexibility index (Phi) is 5.45. The number of hydrogen-bond acceptors (Lipinski definition) is 3. The van der Waals surface area contributed by atoms with Crippen LogP contribution in [0.15, 0.2) is 0 Å². The van der Waals surface area contributed by atoms with Gasteiger partial charge in [-0.1, -0.05) is 20.3 Å². The van der Waals surface area contributed by atoms with E-state index in [0.29, 0.717) is 12.3 Å². The summed E-state index contributed by atoms with van der Waals surface area (Å²) >= 11 is 0. The highest BCUT2D eigenvalue weighted by Crippen LogP contribution is 2.32. The molecule has 0 bridgehead atoms. The zero-order chi connectivity index (χ0) is 13.1. The van der Waals surface area contributed by atoms with Gasteiger partial charge in [0.2, 0.25) is 0 Å². The van der Waals surface area contributed by atoms with Crippen LogP contribution in [0.5, 0.6) is 0 Å². The fourth-order valence-electron chi connectivity index (χ4n) is 2.66. The van der Waals surface area contributed by atoms with Gasteiger partial charge in [-0.15, -0.1) is 0 Å². The van der Waals surface area contributed by atoms with Crippen LogP contribution in [0.3, 0.4) is 0 Å². The summed E-state index contributed by atoms with van der Waals surface area (Å²) in [6, 6.07) is 0. The molecule has 0 heterocycles. The lowest BCUT2D eigenvalue weighted by atomic mass is 9.83. The molecular formula is C13H26O3S. The summed E-state index contributed by atoms with van der Waals surface area (Å²) in [6.45, 7) is 4.29. The predicted molar refractivity (Wildman–Crippen MR) is 70.7 cm³/mol. The quantitative estimate of drug-likeness (QED) is 0.827. The summed E-state index contributed by atoms with van der Waals surface area (Å²) in [5, 5.41) is 9.88. The molecule has 0 aliphatic heterocycles. The molecule has 0 spiro atoms. The van der Waals surface area contributed by atoms with Crippen molar-refractivity contribution in [1.82, 2.24) is 0 Å². The summed E-state index contributed by atoms with van der Waals surface area (Å²) in [4.78, 5) is 0. The minimum Gasteiger partial charge on any atom is -0.393 e. The van der Waals surface area contributed by atoms with Crippen LogP contribution in [0, 0.1) is 11.8 Å². The molecular weight excluding hydrogens is 236 g/mol. The van der Waals surface area contributed by atoms with E-state index < -0.39 is 9.84 Å². The van der Waals surface area contributed by atoms with E-state index in [1.807, 2.05) is 0 Å². The summed E-state index contributed by atoms with van der Waals surface area (Å²) in [5.74, 6) is 0.779. The van der Waals surface area contributed by atoms with Crippen molar-refractivity contribution in [2.45, 2.75) is 63.7 Å². The third kappa shape index (κ3) is 4.96. The van der Waals surface area contributed by atoms with E-state index in [0.717, 1.165) is 32.1 Å². The Morgan fingerprint density at radius 2 is 1.88 bits per heavy atom. The highest BCUT2D eigenvalue weighted by Gasteiger charge is 2.32. The zero-order valence-corrected chi connectivity index (χ0v) is 12.0. The third-order valence-electron chi connectivity index (χ3n) is 3.86. The second kappa shape index (κ2) is 6.19. The van der Waals surface area contributed by atoms with Gasteiger partial charge in [-0.3, -0.25) is 0 Å². The van der Waals surface area contributed by atoms with Crippen LogP contribution < -0.4 is 0 Å². The molecule has 3 nitrogen and oxygen atoms in total. The minimum atomic E-state index is -2.93. The summed E-state index contributed by atoms with van der Waals surface area (Å²) < 4.78 is 23.1. The Balaban J connectivity index is 2.49. The van der Waals surface area contributed by atoms with Gasteiger partial charge in [0.1, 0.15) is 9.84 Å². The van der Waals surface area contributed by atoms with Gasteiger partial charge >= 0.3 is 0 Å². The van der Waals surface area contributed by atoms with Gasteiger partial charge in [-0.2, -0.15) is 0 Å². The average molecular weight is 262 g/mol. The fourth-order valence-corrected chi connectivity index (χ4v) is 3.85. The molecule has 1 N–H and O–H groups in total.